The van der Waals surface area contributed by atoms with Crippen molar-refractivity contribution < 1.29 is 9.90 Å². The number of aryl methyl sites for hydroxylation is 1. The zero-order chi connectivity index (χ0) is 11.4. The molecular formula is C10H13BrN2O2. The zero-order valence-corrected chi connectivity index (χ0v) is 9.91. The van der Waals surface area contributed by atoms with E-state index in [4.69, 9.17) is 10.8 Å². The van der Waals surface area contributed by atoms with E-state index in [-0.39, 0.29) is 6.54 Å². The number of aliphatic carboxylic acids is 1. The van der Waals surface area contributed by atoms with Gasteiger partial charge in [-0.05, 0) is 34.5 Å². The number of hydrogen-bond donors (Lipinski definition) is 3. The van der Waals surface area contributed by atoms with Crippen LogP contribution in [0.25, 0.3) is 0 Å². The van der Waals surface area contributed by atoms with E-state index in [1.54, 1.807) is 0 Å². The molecule has 0 heterocycles. The molecule has 0 radical (unpaired) electrons. The Bertz CT molecular complexity index is 368. The lowest BCUT2D eigenvalue weighted by atomic mass is 10.2. The summed E-state index contributed by atoms with van der Waals surface area (Å²) in [5.41, 5.74) is 7.32. The minimum atomic E-state index is -1.01. The normalized spacial score (nSPS) is 12.2. The summed E-state index contributed by atoms with van der Waals surface area (Å²) in [6.45, 7) is 2.17. The molecule has 0 fully saturated rings. The Kier molecular flexibility index (Phi) is 4.11. The van der Waals surface area contributed by atoms with Crippen molar-refractivity contribution in [2.24, 2.45) is 5.73 Å². The van der Waals surface area contributed by atoms with Gasteiger partial charge in [-0.25, -0.2) is 0 Å². The molecule has 1 aromatic rings. The average Bonchev–Trinajstić information content (AvgIpc) is 2.19. The molecule has 1 unspecified atom stereocenters. The van der Waals surface area contributed by atoms with Gasteiger partial charge in [0.1, 0.15) is 6.04 Å². The van der Waals surface area contributed by atoms with Gasteiger partial charge in [0.15, 0.2) is 0 Å². The van der Waals surface area contributed by atoms with Crippen LogP contribution in [-0.2, 0) is 4.79 Å². The number of nitrogens with one attached hydrogen (secondary N) is 1. The van der Waals surface area contributed by atoms with Crippen LogP contribution in [0.5, 0.6) is 0 Å². The monoisotopic (exact) mass is 272 g/mol. The molecule has 4 nitrogen and oxygen atoms in total. The minimum absolute atomic E-state index is 0.206. The van der Waals surface area contributed by atoms with Crippen LogP contribution in [0.3, 0.4) is 0 Å². The smallest absolute Gasteiger partial charge is 0.322 e. The molecule has 0 saturated heterocycles. The highest BCUT2D eigenvalue weighted by atomic mass is 79.9. The highest BCUT2D eigenvalue weighted by Crippen LogP contribution is 2.25. The number of carboxylic acids is 1. The molecule has 82 valence electrons. The average molecular weight is 273 g/mol. The Balaban J connectivity index is 2.66. The predicted molar refractivity (Wildman–Crippen MR) is 63.0 cm³/mol. The molecule has 0 aliphatic carbocycles. The Labute approximate surface area is 96.6 Å². The molecule has 5 heteroatoms. The largest absolute Gasteiger partial charge is 0.480 e. The summed E-state index contributed by atoms with van der Waals surface area (Å²) in [6.07, 6.45) is 0. The van der Waals surface area contributed by atoms with Crippen molar-refractivity contribution >= 4 is 27.6 Å². The number of carboxylic acid groups (broad SMARTS) is 1. The van der Waals surface area contributed by atoms with E-state index in [9.17, 15) is 4.79 Å². The third-order valence-corrected chi connectivity index (χ3v) is 3.07. The van der Waals surface area contributed by atoms with Gasteiger partial charge >= 0.3 is 5.97 Å². The van der Waals surface area contributed by atoms with E-state index in [2.05, 4.69) is 21.2 Å². The molecule has 0 aromatic heterocycles. The molecular weight excluding hydrogens is 260 g/mol. The number of rotatable bonds is 4. The molecule has 1 rings (SSSR count). The lowest BCUT2D eigenvalue weighted by molar-refractivity contribution is -0.138. The fourth-order valence-electron chi connectivity index (χ4n) is 1.09. The first-order chi connectivity index (χ1) is 7.02. The second-order valence-corrected chi connectivity index (χ2v) is 4.06. The Morgan fingerprint density at radius 3 is 2.93 bits per heavy atom. The quantitative estimate of drug-likeness (QED) is 0.778. The van der Waals surface area contributed by atoms with Gasteiger partial charge in [-0.3, -0.25) is 4.79 Å². The van der Waals surface area contributed by atoms with Gasteiger partial charge in [0, 0.05) is 16.7 Å². The number of benzene rings is 1. The molecule has 0 saturated carbocycles. The zero-order valence-electron chi connectivity index (χ0n) is 8.33. The maximum absolute atomic E-state index is 10.5. The van der Waals surface area contributed by atoms with Crippen LogP contribution in [0.2, 0.25) is 0 Å². The molecule has 4 N–H and O–H groups in total. The number of hydrogen-bond acceptors (Lipinski definition) is 3. The fraction of sp³-hybridized carbons (Fsp3) is 0.300. The first kappa shape index (κ1) is 12.0. The third kappa shape index (κ3) is 3.21. The summed E-state index contributed by atoms with van der Waals surface area (Å²) in [5.74, 6) is -1.01. The third-order valence-electron chi connectivity index (χ3n) is 2.02. The van der Waals surface area contributed by atoms with Crippen LogP contribution in [0.15, 0.2) is 22.7 Å². The lowest BCUT2D eigenvalue weighted by Crippen LogP contribution is -2.37. The van der Waals surface area contributed by atoms with E-state index in [0.717, 1.165) is 15.7 Å². The Morgan fingerprint density at radius 2 is 2.33 bits per heavy atom. The van der Waals surface area contributed by atoms with E-state index < -0.39 is 12.0 Å². The second kappa shape index (κ2) is 5.14. The van der Waals surface area contributed by atoms with E-state index >= 15 is 0 Å². The van der Waals surface area contributed by atoms with Gasteiger partial charge in [0.05, 0.1) is 0 Å². The molecule has 1 atom stereocenters. The lowest BCUT2D eigenvalue weighted by Gasteiger charge is -2.12. The van der Waals surface area contributed by atoms with E-state index in [0.29, 0.717) is 0 Å². The predicted octanol–water partition coefficient (Wildman–Crippen LogP) is 1.58. The summed E-state index contributed by atoms with van der Waals surface area (Å²) in [6, 6.07) is 4.84. The standard InChI is InChI=1S/C10H13BrN2O2/c1-6-3-2-4-8(9(6)11)13-5-7(12)10(14)15/h2-4,7,13H,5,12H2,1H3,(H,14,15). The molecule has 1 aromatic carbocycles. The molecule has 0 bridgehead atoms. The van der Waals surface area contributed by atoms with Crippen molar-refractivity contribution in [1.29, 1.82) is 0 Å². The van der Waals surface area contributed by atoms with Crippen molar-refractivity contribution in [2.45, 2.75) is 13.0 Å². The molecule has 0 amide bonds. The van der Waals surface area contributed by atoms with Gasteiger partial charge in [0.2, 0.25) is 0 Å². The first-order valence-corrected chi connectivity index (χ1v) is 5.29. The number of anilines is 1. The first-order valence-electron chi connectivity index (χ1n) is 4.49. The fourth-order valence-corrected chi connectivity index (χ4v) is 1.50. The van der Waals surface area contributed by atoms with Gasteiger partial charge in [-0.15, -0.1) is 0 Å². The van der Waals surface area contributed by atoms with Gasteiger partial charge in [-0.1, -0.05) is 12.1 Å². The van der Waals surface area contributed by atoms with Crippen LogP contribution in [0.4, 0.5) is 5.69 Å². The van der Waals surface area contributed by atoms with Crippen molar-refractivity contribution in [2.75, 3.05) is 11.9 Å². The summed E-state index contributed by atoms with van der Waals surface area (Å²) >= 11 is 3.42. The van der Waals surface area contributed by atoms with Crippen molar-refractivity contribution in [3.8, 4) is 0 Å². The maximum Gasteiger partial charge on any atom is 0.322 e. The van der Waals surface area contributed by atoms with Crippen LogP contribution < -0.4 is 11.1 Å². The molecule has 0 spiro atoms. The molecule has 0 aliphatic heterocycles. The Hall–Kier alpha value is -1.07. The van der Waals surface area contributed by atoms with Gasteiger partial charge in [0.25, 0.3) is 0 Å². The number of nitrogens with two attached hydrogens (primary N) is 1. The van der Waals surface area contributed by atoms with Crippen LogP contribution in [0.1, 0.15) is 5.56 Å². The summed E-state index contributed by atoms with van der Waals surface area (Å²) in [7, 11) is 0. The van der Waals surface area contributed by atoms with Crippen LogP contribution in [-0.4, -0.2) is 23.7 Å². The van der Waals surface area contributed by atoms with Crippen molar-refractivity contribution in [3.63, 3.8) is 0 Å². The van der Waals surface area contributed by atoms with Gasteiger partial charge < -0.3 is 16.2 Å². The maximum atomic E-state index is 10.5. The summed E-state index contributed by atoms with van der Waals surface area (Å²) in [5, 5.41) is 11.6. The van der Waals surface area contributed by atoms with Gasteiger partial charge in [-0.2, -0.15) is 0 Å². The topological polar surface area (TPSA) is 75.3 Å². The van der Waals surface area contributed by atoms with Crippen molar-refractivity contribution in [1.82, 2.24) is 0 Å². The molecule has 15 heavy (non-hydrogen) atoms. The molecule has 0 aliphatic rings. The van der Waals surface area contributed by atoms with Crippen molar-refractivity contribution in [3.05, 3.63) is 28.2 Å². The summed E-state index contributed by atoms with van der Waals surface area (Å²) in [4.78, 5) is 10.5. The Morgan fingerprint density at radius 1 is 1.67 bits per heavy atom. The second-order valence-electron chi connectivity index (χ2n) is 3.26. The van der Waals surface area contributed by atoms with Crippen LogP contribution >= 0.6 is 15.9 Å². The van der Waals surface area contributed by atoms with E-state index in [1.807, 2.05) is 25.1 Å². The highest BCUT2D eigenvalue weighted by molar-refractivity contribution is 9.10. The highest BCUT2D eigenvalue weighted by Gasteiger charge is 2.11. The number of carbonyl (C=O) groups is 1. The minimum Gasteiger partial charge on any atom is -0.480 e. The number of halogens is 1. The van der Waals surface area contributed by atoms with Crippen LogP contribution in [0, 0.1) is 6.92 Å². The SMILES string of the molecule is Cc1cccc(NCC(N)C(=O)O)c1Br. The van der Waals surface area contributed by atoms with E-state index in [1.165, 1.54) is 0 Å². The summed E-state index contributed by atoms with van der Waals surface area (Å²) < 4.78 is 0.933.